The van der Waals surface area contributed by atoms with E-state index in [1.165, 1.54) is 30.3 Å². The van der Waals surface area contributed by atoms with Crippen molar-refractivity contribution in [2.75, 3.05) is 6.61 Å². The van der Waals surface area contributed by atoms with Gasteiger partial charge in [0.25, 0.3) is 5.91 Å². The second-order valence-corrected chi connectivity index (χ2v) is 5.51. The number of esters is 1. The van der Waals surface area contributed by atoms with Crippen molar-refractivity contribution in [3.63, 3.8) is 0 Å². The molecule has 2 N–H and O–H groups in total. The highest BCUT2D eigenvalue weighted by Crippen LogP contribution is 2.22. The van der Waals surface area contributed by atoms with Gasteiger partial charge in [-0.15, -0.1) is 0 Å². The van der Waals surface area contributed by atoms with Crippen LogP contribution in [0.2, 0.25) is 5.02 Å². The van der Waals surface area contributed by atoms with E-state index in [1.54, 1.807) is 19.1 Å². The van der Waals surface area contributed by atoms with Gasteiger partial charge in [-0.25, -0.2) is 9.18 Å². The Morgan fingerprint density at radius 3 is 2.58 bits per heavy atom. The number of benzene rings is 2. The average molecular weight is 352 g/mol. The lowest BCUT2D eigenvalue weighted by atomic mass is 10.1. The molecule has 0 saturated carbocycles. The Hall–Kier alpha value is -2.60. The molecule has 0 bridgehead atoms. The van der Waals surface area contributed by atoms with Gasteiger partial charge in [-0.2, -0.15) is 0 Å². The summed E-state index contributed by atoms with van der Waals surface area (Å²) in [5.41, 5.74) is 0.588. The zero-order valence-corrected chi connectivity index (χ0v) is 13.5. The van der Waals surface area contributed by atoms with Crippen molar-refractivity contribution < 1.29 is 23.8 Å². The van der Waals surface area contributed by atoms with Crippen LogP contribution in [-0.4, -0.2) is 23.6 Å². The van der Waals surface area contributed by atoms with E-state index in [1.807, 2.05) is 0 Å². The van der Waals surface area contributed by atoms with E-state index in [4.69, 9.17) is 16.3 Å². The summed E-state index contributed by atoms with van der Waals surface area (Å²) < 4.78 is 17.7. The number of aromatic hydroxyl groups is 1. The third-order valence-corrected chi connectivity index (χ3v) is 3.50. The fraction of sp³-hybridized carbons (Fsp3) is 0.176. The third kappa shape index (κ3) is 4.70. The summed E-state index contributed by atoms with van der Waals surface area (Å²) in [4.78, 5) is 23.7. The Kier molecular flexibility index (Phi) is 5.76. The monoisotopic (exact) mass is 351 g/mol. The van der Waals surface area contributed by atoms with Crippen LogP contribution < -0.4 is 5.32 Å². The quantitative estimate of drug-likeness (QED) is 0.811. The number of rotatable bonds is 5. The predicted molar refractivity (Wildman–Crippen MR) is 86.4 cm³/mol. The lowest BCUT2D eigenvalue weighted by Crippen LogP contribution is -2.31. The molecule has 1 amide bonds. The van der Waals surface area contributed by atoms with Gasteiger partial charge in [0.1, 0.15) is 17.1 Å². The van der Waals surface area contributed by atoms with Gasteiger partial charge in [0, 0.05) is 5.02 Å². The van der Waals surface area contributed by atoms with Crippen LogP contribution in [0, 0.1) is 5.82 Å². The highest BCUT2D eigenvalue weighted by Gasteiger charge is 2.16. The Bertz CT molecular complexity index is 749. The summed E-state index contributed by atoms with van der Waals surface area (Å²) in [5.74, 6) is -2.04. The van der Waals surface area contributed by atoms with Gasteiger partial charge in [0.05, 0.1) is 6.04 Å². The highest BCUT2D eigenvalue weighted by atomic mass is 35.5. The fourth-order valence-corrected chi connectivity index (χ4v) is 2.17. The number of halogens is 2. The summed E-state index contributed by atoms with van der Waals surface area (Å²) in [5, 5.41) is 12.5. The molecule has 0 spiro atoms. The van der Waals surface area contributed by atoms with E-state index < -0.39 is 18.5 Å². The molecule has 126 valence electrons. The molecule has 0 fully saturated rings. The van der Waals surface area contributed by atoms with Crippen LogP contribution >= 0.6 is 11.6 Å². The minimum atomic E-state index is -0.861. The zero-order valence-electron chi connectivity index (χ0n) is 12.8. The number of hydrogen-bond acceptors (Lipinski definition) is 4. The first-order chi connectivity index (χ1) is 11.4. The molecule has 1 atom stereocenters. The Morgan fingerprint density at radius 1 is 1.25 bits per heavy atom. The first-order valence-electron chi connectivity index (χ1n) is 7.07. The van der Waals surface area contributed by atoms with E-state index >= 15 is 0 Å². The van der Waals surface area contributed by atoms with Crippen molar-refractivity contribution in [1.29, 1.82) is 0 Å². The van der Waals surface area contributed by atoms with Crippen LogP contribution in [0.5, 0.6) is 5.75 Å². The molecule has 0 aliphatic carbocycles. The largest absolute Gasteiger partial charge is 0.507 e. The van der Waals surface area contributed by atoms with Gasteiger partial charge in [0.2, 0.25) is 0 Å². The molecular weight excluding hydrogens is 337 g/mol. The number of carbonyl (C=O) groups is 2. The molecule has 0 heterocycles. The van der Waals surface area contributed by atoms with Gasteiger partial charge >= 0.3 is 5.97 Å². The zero-order chi connectivity index (χ0) is 17.7. The van der Waals surface area contributed by atoms with Crippen molar-refractivity contribution in [2.24, 2.45) is 0 Å². The Balaban J connectivity index is 1.89. The number of ether oxygens (including phenoxy) is 1. The summed E-state index contributed by atoms with van der Waals surface area (Å²) >= 11 is 5.75. The van der Waals surface area contributed by atoms with E-state index in [9.17, 15) is 19.1 Å². The molecule has 2 aromatic rings. The number of hydrogen-bond donors (Lipinski definition) is 2. The summed E-state index contributed by atoms with van der Waals surface area (Å²) in [7, 11) is 0. The number of phenolic OH excluding ortho intramolecular Hbond substituents is 1. The summed E-state index contributed by atoms with van der Waals surface area (Å²) in [6.45, 7) is 1.20. The SMILES string of the molecule is C[C@@H](NC(=O)COC(=O)c1cc(Cl)ccc1O)c1ccc(F)cc1. The van der Waals surface area contributed by atoms with E-state index in [-0.39, 0.29) is 28.2 Å². The molecule has 2 aromatic carbocycles. The molecule has 0 aliphatic rings. The predicted octanol–water partition coefficient (Wildman–Crippen LogP) is 3.22. The summed E-state index contributed by atoms with van der Waals surface area (Å²) in [6.07, 6.45) is 0. The lowest BCUT2D eigenvalue weighted by molar-refractivity contribution is -0.124. The van der Waals surface area contributed by atoms with Gasteiger partial charge in [-0.05, 0) is 42.8 Å². The number of nitrogens with one attached hydrogen (secondary N) is 1. The van der Waals surface area contributed by atoms with Crippen LogP contribution in [0.15, 0.2) is 42.5 Å². The Labute approximate surface area is 143 Å². The van der Waals surface area contributed by atoms with E-state index in [0.29, 0.717) is 5.56 Å². The van der Waals surface area contributed by atoms with Crippen LogP contribution in [0.1, 0.15) is 28.9 Å². The third-order valence-electron chi connectivity index (χ3n) is 3.26. The topological polar surface area (TPSA) is 75.6 Å². The fourth-order valence-electron chi connectivity index (χ4n) is 2.00. The molecule has 5 nitrogen and oxygen atoms in total. The molecule has 24 heavy (non-hydrogen) atoms. The molecule has 2 rings (SSSR count). The molecule has 0 unspecified atom stereocenters. The van der Waals surface area contributed by atoms with Crippen LogP contribution in [0.3, 0.4) is 0 Å². The van der Waals surface area contributed by atoms with Crippen molar-refractivity contribution in [3.8, 4) is 5.75 Å². The number of phenols is 1. The smallest absolute Gasteiger partial charge is 0.342 e. The second-order valence-electron chi connectivity index (χ2n) is 5.08. The van der Waals surface area contributed by atoms with Crippen molar-refractivity contribution >= 4 is 23.5 Å². The summed E-state index contributed by atoms with van der Waals surface area (Å²) in [6, 6.07) is 9.24. The second kappa shape index (κ2) is 7.79. The maximum Gasteiger partial charge on any atom is 0.342 e. The molecular formula is C17H15ClFNO4. The lowest BCUT2D eigenvalue weighted by Gasteiger charge is -2.14. The molecule has 0 radical (unpaired) electrons. The molecule has 7 heteroatoms. The Morgan fingerprint density at radius 2 is 1.92 bits per heavy atom. The minimum Gasteiger partial charge on any atom is -0.507 e. The van der Waals surface area contributed by atoms with Gasteiger partial charge in [-0.1, -0.05) is 23.7 Å². The van der Waals surface area contributed by atoms with Crippen molar-refractivity contribution in [3.05, 3.63) is 64.4 Å². The van der Waals surface area contributed by atoms with Gasteiger partial charge in [0.15, 0.2) is 6.61 Å². The highest BCUT2D eigenvalue weighted by molar-refractivity contribution is 6.31. The van der Waals surface area contributed by atoms with Crippen molar-refractivity contribution in [1.82, 2.24) is 5.32 Å². The molecule has 0 aromatic heterocycles. The van der Waals surface area contributed by atoms with Gasteiger partial charge in [-0.3, -0.25) is 4.79 Å². The maximum atomic E-state index is 12.9. The normalized spacial score (nSPS) is 11.6. The first-order valence-corrected chi connectivity index (χ1v) is 7.45. The molecule has 0 saturated heterocycles. The standard InChI is InChI=1S/C17H15ClFNO4/c1-10(11-2-5-13(19)6-3-11)20-16(22)9-24-17(23)14-8-12(18)4-7-15(14)21/h2-8,10,21H,9H2,1H3,(H,20,22)/t10-/m1/s1. The van der Waals surface area contributed by atoms with E-state index in [0.717, 1.165) is 0 Å². The maximum absolute atomic E-state index is 12.9. The number of amides is 1. The van der Waals surface area contributed by atoms with Gasteiger partial charge < -0.3 is 15.2 Å². The minimum absolute atomic E-state index is 0.123. The van der Waals surface area contributed by atoms with Crippen molar-refractivity contribution in [2.45, 2.75) is 13.0 Å². The van der Waals surface area contributed by atoms with E-state index in [2.05, 4.69) is 5.32 Å². The number of carbonyl (C=O) groups excluding carboxylic acids is 2. The van der Waals surface area contributed by atoms with Crippen LogP contribution in [0.25, 0.3) is 0 Å². The van der Waals surface area contributed by atoms with Crippen LogP contribution in [0.4, 0.5) is 4.39 Å². The average Bonchev–Trinajstić information content (AvgIpc) is 2.55. The van der Waals surface area contributed by atoms with Crippen LogP contribution in [-0.2, 0) is 9.53 Å². The molecule has 0 aliphatic heterocycles. The first kappa shape index (κ1) is 17.7.